The summed E-state index contributed by atoms with van der Waals surface area (Å²) < 4.78 is 34.3. The fraction of sp³-hybridized carbons (Fsp3) is 0.500. The van der Waals surface area contributed by atoms with Crippen molar-refractivity contribution in [3.63, 3.8) is 0 Å². The zero-order valence-electron chi connectivity index (χ0n) is 17.9. The van der Waals surface area contributed by atoms with E-state index in [2.05, 4.69) is 50.3 Å². The topological polar surface area (TPSA) is 103 Å². The molecule has 3 rings (SSSR count). The van der Waals surface area contributed by atoms with Crippen LogP contribution in [0.5, 0.6) is 0 Å². The molecule has 3 N–H and O–H groups in total. The molecule has 1 aliphatic rings. The lowest BCUT2D eigenvalue weighted by molar-refractivity contribution is -0.0236. The third-order valence-corrected chi connectivity index (χ3v) is 5.56. The fourth-order valence-corrected chi connectivity index (χ4v) is 3.90. The first kappa shape index (κ1) is 23.3. The van der Waals surface area contributed by atoms with Gasteiger partial charge in [0, 0.05) is 12.6 Å². The van der Waals surface area contributed by atoms with E-state index in [4.69, 9.17) is 10.1 Å². The number of hydrogen-bond donors (Lipinski definition) is 3. The lowest BCUT2D eigenvalue weighted by Crippen LogP contribution is -2.63. The Balaban J connectivity index is 1.84. The smallest absolute Gasteiger partial charge is 0.279 e. The van der Waals surface area contributed by atoms with Crippen molar-refractivity contribution in [2.24, 2.45) is 0 Å². The summed E-state index contributed by atoms with van der Waals surface area (Å²) in [6, 6.07) is 1.96. The molecule has 0 aliphatic carbocycles. The predicted octanol–water partition coefficient (Wildman–Crippen LogP) is 3.40. The quantitative estimate of drug-likeness (QED) is 0.417. The number of anilines is 1. The molecule has 0 saturated carbocycles. The molecule has 2 unspecified atom stereocenters. The van der Waals surface area contributed by atoms with Crippen LogP contribution in [0.4, 0.5) is 14.6 Å². The maximum Gasteiger partial charge on any atom is 0.279 e. The summed E-state index contributed by atoms with van der Waals surface area (Å²) in [7, 11) is 0. The van der Waals surface area contributed by atoms with E-state index in [0.29, 0.717) is 23.8 Å². The van der Waals surface area contributed by atoms with Crippen LogP contribution in [-0.4, -0.2) is 69.2 Å². The Kier molecular flexibility index (Phi) is 7.39. The lowest BCUT2D eigenvalue weighted by Gasteiger charge is -2.50. The van der Waals surface area contributed by atoms with Crippen LogP contribution in [0.2, 0.25) is 0 Å². The van der Waals surface area contributed by atoms with Gasteiger partial charge >= 0.3 is 0 Å². The first-order valence-electron chi connectivity index (χ1n) is 9.82. The number of allylic oxidation sites excluding steroid dienone is 1. The summed E-state index contributed by atoms with van der Waals surface area (Å²) in [5.41, 5.74) is 0.232. The van der Waals surface area contributed by atoms with E-state index in [0.717, 1.165) is 18.4 Å². The van der Waals surface area contributed by atoms with Crippen molar-refractivity contribution in [3.05, 3.63) is 30.5 Å². The molecule has 1 fully saturated rings. The Hall–Kier alpha value is -2.37. The van der Waals surface area contributed by atoms with Crippen molar-refractivity contribution in [2.75, 3.05) is 24.3 Å². The molecule has 1 saturated heterocycles. The average molecular weight is 452 g/mol. The third-order valence-electron chi connectivity index (χ3n) is 5.10. The van der Waals surface area contributed by atoms with Gasteiger partial charge in [-0.25, -0.2) is 23.7 Å². The summed E-state index contributed by atoms with van der Waals surface area (Å²) >= 11 is 1.56. The Morgan fingerprint density at radius 3 is 2.94 bits per heavy atom. The molecule has 2 atom stereocenters. The molecule has 0 radical (unpaired) electrons. The second kappa shape index (κ2) is 9.84. The molecule has 0 bridgehead atoms. The van der Waals surface area contributed by atoms with Crippen LogP contribution in [0, 0.1) is 5.41 Å². The van der Waals surface area contributed by atoms with Crippen molar-refractivity contribution in [2.45, 2.75) is 44.9 Å². The fourth-order valence-electron chi connectivity index (χ4n) is 3.57. The minimum Gasteiger partial charge on any atom is -0.372 e. The van der Waals surface area contributed by atoms with Crippen molar-refractivity contribution >= 4 is 29.6 Å². The highest BCUT2D eigenvalue weighted by Crippen LogP contribution is 2.33. The molecule has 8 nitrogen and oxygen atoms in total. The number of aromatic nitrogens is 4. The van der Waals surface area contributed by atoms with Gasteiger partial charge in [-0.1, -0.05) is 11.9 Å². The summed E-state index contributed by atoms with van der Waals surface area (Å²) in [5.74, 6) is 1.13. The number of halogens is 2. The van der Waals surface area contributed by atoms with Gasteiger partial charge in [0.15, 0.2) is 0 Å². The Labute approximate surface area is 184 Å². The van der Waals surface area contributed by atoms with E-state index < -0.39 is 12.1 Å². The standard InChI is InChI=1S/C20H27F2N7OS/c1-12-16(9-27-31-4)30-10-20(2,3)29(12)18-7-14(25-11-26-18)15-8-24-17(28-15)6-5-13(23)19(21)22/h5-8,11-12,16,19,23,27H,9-10H2,1-4H3,(H,24,28)/b6-5-,23-13?. The second-order valence-electron chi connectivity index (χ2n) is 7.86. The largest absolute Gasteiger partial charge is 0.372 e. The number of aromatic amines is 1. The van der Waals surface area contributed by atoms with Crippen LogP contribution in [0.15, 0.2) is 24.7 Å². The van der Waals surface area contributed by atoms with Crippen molar-refractivity contribution < 1.29 is 13.5 Å². The lowest BCUT2D eigenvalue weighted by atomic mass is 9.95. The van der Waals surface area contributed by atoms with Gasteiger partial charge < -0.3 is 14.6 Å². The Bertz CT molecular complexity index is 934. The summed E-state index contributed by atoms with van der Waals surface area (Å²) in [6.45, 7) is 7.62. The average Bonchev–Trinajstić information content (AvgIpc) is 3.20. The SMILES string of the molecule is CSNCC1OCC(C)(C)N(c2cc(-c3cnc(/C=C\C(=N)C(F)F)[nH]3)ncn2)C1C. The van der Waals surface area contributed by atoms with Gasteiger partial charge in [0.2, 0.25) is 0 Å². The number of hydrogen-bond acceptors (Lipinski definition) is 8. The van der Waals surface area contributed by atoms with Gasteiger partial charge in [-0.15, -0.1) is 0 Å². The van der Waals surface area contributed by atoms with Crippen molar-refractivity contribution in [3.8, 4) is 11.4 Å². The van der Waals surface area contributed by atoms with Crippen LogP contribution in [0.1, 0.15) is 26.6 Å². The number of morpholine rings is 1. The summed E-state index contributed by atoms with van der Waals surface area (Å²) in [5, 5.41) is 7.20. The number of ether oxygens (including phenoxy) is 1. The van der Waals surface area contributed by atoms with Gasteiger partial charge in [-0.2, -0.15) is 0 Å². The molecule has 0 amide bonds. The Morgan fingerprint density at radius 2 is 2.23 bits per heavy atom. The van der Waals surface area contributed by atoms with Gasteiger partial charge in [-0.05, 0) is 39.2 Å². The number of nitrogens with one attached hydrogen (secondary N) is 3. The molecular weight excluding hydrogens is 424 g/mol. The van der Waals surface area contributed by atoms with E-state index in [1.54, 1.807) is 18.1 Å². The van der Waals surface area contributed by atoms with Crippen LogP contribution < -0.4 is 9.62 Å². The Morgan fingerprint density at radius 1 is 1.45 bits per heavy atom. The van der Waals surface area contributed by atoms with Crippen LogP contribution in [0.25, 0.3) is 17.5 Å². The third kappa shape index (κ3) is 5.46. The molecular formula is C20H27F2N7OS. The highest BCUT2D eigenvalue weighted by molar-refractivity contribution is 7.96. The molecule has 2 aromatic heterocycles. The number of imidazole rings is 1. The molecule has 0 aromatic carbocycles. The van der Waals surface area contributed by atoms with E-state index in [1.807, 2.05) is 12.3 Å². The number of rotatable bonds is 8. The second-order valence-corrected chi connectivity index (χ2v) is 8.55. The van der Waals surface area contributed by atoms with Crippen LogP contribution >= 0.6 is 11.9 Å². The minimum absolute atomic E-state index is 0.00735. The molecule has 1 aliphatic heterocycles. The van der Waals surface area contributed by atoms with E-state index in [1.165, 1.54) is 12.4 Å². The monoisotopic (exact) mass is 451 g/mol. The van der Waals surface area contributed by atoms with E-state index in [9.17, 15) is 8.78 Å². The molecule has 168 valence electrons. The summed E-state index contributed by atoms with van der Waals surface area (Å²) in [6.07, 6.45) is 4.63. The summed E-state index contributed by atoms with van der Waals surface area (Å²) in [4.78, 5) is 18.3. The van der Waals surface area contributed by atoms with E-state index >= 15 is 0 Å². The zero-order valence-corrected chi connectivity index (χ0v) is 18.7. The first-order valence-corrected chi connectivity index (χ1v) is 11.0. The van der Waals surface area contributed by atoms with Crippen LogP contribution in [0.3, 0.4) is 0 Å². The molecule has 3 heterocycles. The number of nitrogens with zero attached hydrogens (tertiary/aromatic N) is 4. The van der Waals surface area contributed by atoms with Gasteiger partial charge in [-0.3, -0.25) is 10.1 Å². The van der Waals surface area contributed by atoms with Gasteiger partial charge in [0.1, 0.15) is 18.0 Å². The highest BCUT2D eigenvalue weighted by Gasteiger charge is 2.41. The van der Waals surface area contributed by atoms with Gasteiger partial charge in [0.05, 0.1) is 47.6 Å². The highest BCUT2D eigenvalue weighted by atomic mass is 32.2. The molecule has 2 aromatic rings. The maximum atomic E-state index is 12.5. The number of alkyl halides is 2. The van der Waals surface area contributed by atoms with Crippen molar-refractivity contribution in [1.82, 2.24) is 24.7 Å². The van der Waals surface area contributed by atoms with E-state index in [-0.39, 0.29) is 17.7 Å². The maximum absolute atomic E-state index is 12.5. The molecule has 31 heavy (non-hydrogen) atoms. The van der Waals surface area contributed by atoms with Gasteiger partial charge in [0.25, 0.3) is 6.43 Å². The van der Waals surface area contributed by atoms with Crippen LogP contribution in [-0.2, 0) is 4.74 Å². The number of H-pyrrole nitrogens is 1. The first-order chi connectivity index (χ1) is 14.7. The zero-order chi connectivity index (χ0) is 22.6. The molecule has 0 spiro atoms. The predicted molar refractivity (Wildman–Crippen MR) is 120 cm³/mol. The van der Waals surface area contributed by atoms with Crippen molar-refractivity contribution in [1.29, 1.82) is 5.41 Å². The minimum atomic E-state index is -2.82. The normalized spacial score (nSPS) is 21.2. The molecule has 11 heteroatoms.